The normalized spacial score (nSPS) is 19.3. The molecule has 0 saturated carbocycles. The smallest absolute Gasteiger partial charge is 0.238 e. The molecule has 1 atom stereocenters. The van der Waals surface area contributed by atoms with Gasteiger partial charge in [-0.05, 0) is 31.0 Å². The van der Waals surface area contributed by atoms with Gasteiger partial charge in [-0.25, -0.2) is 0 Å². The quantitative estimate of drug-likeness (QED) is 0.872. The Bertz CT molecular complexity index is 411. The Morgan fingerprint density at radius 1 is 1.56 bits per heavy atom. The number of nitrogens with zero attached hydrogens (tertiary/aromatic N) is 1. The van der Waals surface area contributed by atoms with Gasteiger partial charge in [-0.1, -0.05) is 12.1 Å². The minimum Gasteiger partial charge on any atom is -0.326 e. The summed E-state index contributed by atoms with van der Waals surface area (Å²) in [4.78, 5) is 13.9. The highest BCUT2D eigenvalue weighted by Gasteiger charge is 2.20. The molecule has 4 nitrogen and oxygen atoms in total. The van der Waals surface area contributed by atoms with E-state index in [2.05, 4.69) is 10.2 Å². The number of benzene rings is 1. The first-order valence-electron chi connectivity index (χ1n) is 5.98. The molecular weight excluding hydrogens is 250 g/mol. The molecule has 0 bridgehead atoms. The predicted molar refractivity (Wildman–Crippen MR) is 76.1 cm³/mol. The number of hydrogen-bond acceptors (Lipinski definition) is 3. The van der Waals surface area contributed by atoms with Gasteiger partial charge in [-0.2, -0.15) is 0 Å². The topological polar surface area (TPSA) is 58.4 Å². The fourth-order valence-corrected chi connectivity index (χ4v) is 2.13. The molecular formula is C13H20ClN3O. The van der Waals surface area contributed by atoms with E-state index in [-0.39, 0.29) is 24.4 Å². The number of anilines is 1. The van der Waals surface area contributed by atoms with E-state index >= 15 is 0 Å². The molecule has 0 radical (unpaired) electrons. The average Bonchev–Trinajstić information content (AvgIpc) is 2.63. The van der Waals surface area contributed by atoms with Gasteiger partial charge in [0, 0.05) is 24.8 Å². The summed E-state index contributed by atoms with van der Waals surface area (Å²) in [5.41, 5.74) is 7.80. The van der Waals surface area contributed by atoms with Gasteiger partial charge in [0.2, 0.25) is 5.91 Å². The minimum absolute atomic E-state index is 0. The monoisotopic (exact) mass is 269 g/mol. The second-order valence-electron chi connectivity index (χ2n) is 4.70. The number of rotatable bonds is 3. The Balaban J connectivity index is 0.00000162. The second-order valence-corrected chi connectivity index (χ2v) is 4.70. The standard InChI is InChI=1S/C13H19N3O.ClH/c1-10-3-2-4-12(7-10)15-13(17)9-16-6-5-11(14)8-16;/h2-4,7,11H,5-6,8-9,14H2,1H3,(H,15,17);1H/t11-;/m0./s1. The van der Waals surface area contributed by atoms with Gasteiger partial charge in [0.1, 0.15) is 0 Å². The summed E-state index contributed by atoms with van der Waals surface area (Å²) in [5.74, 6) is 0.0321. The number of amides is 1. The Kier molecular flexibility index (Phi) is 5.59. The first kappa shape index (κ1) is 15.0. The van der Waals surface area contributed by atoms with Crippen molar-refractivity contribution in [3.8, 4) is 0 Å². The van der Waals surface area contributed by atoms with Crippen molar-refractivity contribution >= 4 is 24.0 Å². The lowest BCUT2D eigenvalue weighted by Crippen LogP contribution is -2.33. The number of hydrogen-bond donors (Lipinski definition) is 2. The lowest BCUT2D eigenvalue weighted by atomic mass is 10.2. The van der Waals surface area contributed by atoms with Crippen LogP contribution >= 0.6 is 12.4 Å². The predicted octanol–water partition coefficient (Wildman–Crippen LogP) is 1.39. The summed E-state index contributed by atoms with van der Waals surface area (Å²) in [6.07, 6.45) is 0.984. The maximum Gasteiger partial charge on any atom is 0.238 e. The molecule has 0 aromatic heterocycles. The zero-order valence-electron chi connectivity index (χ0n) is 10.6. The maximum absolute atomic E-state index is 11.8. The SMILES string of the molecule is Cc1cccc(NC(=O)CN2CC[C@H](N)C2)c1.Cl. The number of carbonyl (C=O) groups is 1. The van der Waals surface area contributed by atoms with Gasteiger partial charge in [0.25, 0.3) is 0 Å². The Morgan fingerprint density at radius 3 is 2.94 bits per heavy atom. The van der Waals surface area contributed by atoms with Crippen LogP contribution in [0, 0.1) is 6.92 Å². The molecule has 1 heterocycles. The van der Waals surface area contributed by atoms with Crippen LogP contribution in [0.15, 0.2) is 24.3 Å². The van der Waals surface area contributed by atoms with Crippen LogP contribution in [0.5, 0.6) is 0 Å². The summed E-state index contributed by atoms with van der Waals surface area (Å²) in [6, 6.07) is 8.04. The highest BCUT2D eigenvalue weighted by Crippen LogP contribution is 2.10. The molecule has 100 valence electrons. The third-order valence-electron chi connectivity index (χ3n) is 2.98. The number of halogens is 1. The zero-order chi connectivity index (χ0) is 12.3. The van der Waals surface area contributed by atoms with Gasteiger partial charge in [0.05, 0.1) is 6.54 Å². The van der Waals surface area contributed by atoms with E-state index in [9.17, 15) is 4.79 Å². The van der Waals surface area contributed by atoms with Crippen molar-refractivity contribution in [2.75, 3.05) is 25.0 Å². The van der Waals surface area contributed by atoms with E-state index in [0.29, 0.717) is 6.54 Å². The number of likely N-dealkylation sites (tertiary alicyclic amines) is 1. The average molecular weight is 270 g/mol. The highest BCUT2D eigenvalue weighted by molar-refractivity contribution is 5.92. The van der Waals surface area contributed by atoms with Crippen LogP contribution in [0.3, 0.4) is 0 Å². The van der Waals surface area contributed by atoms with Crippen LogP contribution < -0.4 is 11.1 Å². The van der Waals surface area contributed by atoms with Crippen molar-refractivity contribution < 1.29 is 4.79 Å². The van der Waals surface area contributed by atoms with Crippen LogP contribution in [0.25, 0.3) is 0 Å². The molecule has 5 heteroatoms. The molecule has 2 rings (SSSR count). The lowest BCUT2D eigenvalue weighted by Gasteiger charge is -2.14. The van der Waals surface area contributed by atoms with E-state index in [1.165, 1.54) is 0 Å². The highest BCUT2D eigenvalue weighted by atomic mass is 35.5. The molecule has 1 aromatic rings. The zero-order valence-corrected chi connectivity index (χ0v) is 11.4. The van der Waals surface area contributed by atoms with E-state index in [1.54, 1.807) is 0 Å². The van der Waals surface area contributed by atoms with E-state index in [4.69, 9.17) is 5.73 Å². The van der Waals surface area contributed by atoms with Gasteiger partial charge in [-0.15, -0.1) is 12.4 Å². The summed E-state index contributed by atoms with van der Waals surface area (Å²) < 4.78 is 0. The van der Waals surface area contributed by atoms with Gasteiger partial charge in [-0.3, -0.25) is 9.69 Å². The van der Waals surface area contributed by atoms with Crippen LogP contribution in [0.2, 0.25) is 0 Å². The van der Waals surface area contributed by atoms with Gasteiger partial charge < -0.3 is 11.1 Å². The molecule has 1 fully saturated rings. The fraction of sp³-hybridized carbons (Fsp3) is 0.462. The minimum atomic E-state index is 0. The third-order valence-corrected chi connectivity index (χ3v) is 2.98. The second kappa shape index (κ2) is 6.73. The number of aryl methyl sites for hydroxylation is 1. The molecule has 0 aliphatic carbocycles. The van der Waals surface area contributed by atoms with Crippen molar-refractivity contribution in [1.29, 1.82) is 0 Å². The Hall–Kier alpha value is -1.10. The first-order chi connectivity index (χ1) is 8.13. The number of nitrogens with two attached hydrogens (primary N) is 1. The van der Waals surface area contributed by atoms with E-state index in [0.717, 1.165) is 30.8 Å². The van der Waals surface area contributed by atoms with Crippen LogP contribution in [-0.4, -0.2) is 36.5 Å². The van der Waals surface area contributed by atoms with Crippen molar-refractivity contribution in [3.05, 3.63) is 29.8 Å². The Labute approximate surface area is 114 Å². The molecule has 3 N–H and O–H groups in total. The maximum atomic E-state index is 11.8. The molecule has 0 spiro atoms. The summed E-state index contributed by atoms with van der Waals surface area (Å²) in [7, 11) is 0. The van der Waals surface area contributed by atoms with Gasteiger partial charge >= 0.3 is 0 Å². The fourth-order valence-electron chi connectivity index (χ4n) is 2.13. The molecule has 1 aromatic carbocycles. The molecule has 18 heavy (non-hydrogen) atoms. The van der Waals surface area contributed by atoms with Crippen LogP contribution in [0.1, 0.15) is 12.0 Å². The molecule has 1 saturated heterocycles. The van der Waals surface area contributed by atoms with Crippen LogP contribution in [0.4, 0.5) is 5.69 Å². The molecule has 0 unspecified atom stereocenters. The third kappa shape index (κ3) is 4.29. The summed E-state index contributed by atoms with van der Waals surface area (Å²) in [6.45, 7) is 4.18. The lowest BCUT2D eigenvalue weighted by molar-refractivity contribution is -0.117. The Morgan fingerprint density at radius 2 is 2.33 bits per heavy atom. The molecule has 1 amide bonds. The summed E-state index contributed by atoms with van der Waals surface area (Å²) >= 11 is 0. The summed E-state index contributed by atoms with van der Waals surface area (Å²) in [5, 5.41) is 2.90. The van der Waals surface area contributed by atoms with Crippen molar-refractivity contribution in [2.45, 2.75) is 19.4 Å². The van der Waals surface area contributed by atoms with Gasteiger partial charge in [0.15, 0.2) is 0 Å². The van der Waals surface area contributed by atoms with Crippen molar-refractivity contribution in [3.63, 3.8) is 0 Å². The van der Waals surface area contributed by atoms with E-state index in [1.807, 2.05) is 31.2 Å². The van der Waals surface area contributed by atoms with Crippen LogP contribution in [-0.2, 0) is 4.79 Å². The van der Waals surface area contributed by atoms with Crippen molar-refractivity contribution in [1.82, 2.24) is 4.90 Å². The number of carbonyl (C=O) groups excluding carboxylic acids is 1. The molecule has 1 aliphatic heterocycles. The van der Waals surface area contributed by atoms with Crippen molar-refractivity contribution in [2.24, 2.45) is 5.73 Å². The molecule has 1 aliphatic rings. The largest absolute Gasteiger partial charge is 0.326 e. The first-order valence-corrected chi connectivity index (χ1v) is 5.98. The van der Waals surface area contributed by atoms with E-state index < -0.39 is 0 Å². The number of nitrogens with one attached hydrogen (secondary N) is 1.